The van der Waals surface area contributed by atoms with Gasteiger partial charge in [-0.1, -0.05) is 80.2 Å². The van der Waals surface area contributed by atoms with Gasteiger partial charge >= 0.3 is 12.1 Å². The number of nitrogens with zero attached hydrogens (tertiary/aromatic N) is 1. The maximum absolute atomic E-state index is 14.7. The summed E-state index contributed by atoms with van der Waals surface area (Å²) in [5, 5.41) is 13.9. The standard InChI is InChI=1S/C38H66N6O7/c1-11-16-28(31(45)33(47)39-20-12-2)42-32(46)30-26(24(3)4)17-21-44(30)34(48)27(38(10)18-14-13-15-19-38)22-40-35(49)43-29(37(7,8)9)23-51-36(50)41-25(5)6/h12,24-30H,2,11,13-23H2,1,3-10H3,(H,39,47)(H,41,50)(H,42,46)(H2,40,43,49)/t26-,27-,28?,29?,30?/m1/s1. The molecule has 3 unspecified atom stereocenters. The molecule has 0 aromatic heterocycles. The maximum atomic E-state index is 14.7. The van der Waals surface area contributed by atoms with Crippen LogP contribution in [0.15, 0.2) is 12.7 Å². The van der Waals surface area contributed by atoms with Crippen LogP contribution in [0.2, 0.25) is 0 Å². The zero-order chi connectivity index (χ0) is 38.5. The van der Waals surface area contributed by atoms with Crippen LogP contribution in [0, 0.1) is 28.6 Å². The number of carbonyl (C=O) groups is 6. The van der Waals surface area contributed by atoms with E-state index < -0.39 is 64.6 Å². The van der Waals surface area contributed by atoms with Crippen molar-refractivity contribution in [2.24, 2.45) is 28.6 Å². The van der Waals surface area contributed by atoms with Gasteiger partial charge in [-0.15, -0.1) is 6.58 Å². The molecule has 1 saturated heterocycles. The molecule has 0 bridgehead atoms. The first-order chi connectivity index (χ1) is 23.9. The number of hydrogen-bond acceptors (Lipinski definition) is 7. The highest BCUT2D eigenvalue weighted by molar-refractivity contribution is 6.38. The summed E-state index contributed by atoms with van der Waals surface area (Å²) in [6, 6.07) is -2.93. The highest BCUT2D eigenvalue weighted by atomic mass is 16.5. The Bertz CT molecular complexity index is 1220. The Morgan fingerprint density at radius 2 is 1.61 bits per heavy atom. The van der Waals surface area contributed by atoms with E-state index in [2.05, 4.69) is 40.1 Å². The Hall–Kier alpha value is -3.64. The Kier molecular flexibility index (Phi) is 16.9. The van der Waals surface area contributed by atoms with Crippen LogP contribution in [0.3, 0.4) is 0 Å². The average molecular weight is 719 g/mol. The van der Waals surface area contributed by atoms with E-state index in [-0.39, 0.29) is 49.9 Å². The molecule has 6 amide bonds. The molecule has 51 heavy (non-hydrogen) atoms. The van der Waals surface area contributed by atoms with Crippen molar-refractivity contribution in [3.05, 3.63) is 12.7 Å². The second kappa shape index (κ2) is 19.8. The van der Waals surface area contributed by atoms with Crippen molar-refractivity contribution in [3.63, 3.8) is 0 Å². The Morgan fingerprint density at radius 1 is 0.961 bits per heavy atom. The Morgan fingerprint density at radius 3 is 2.16 bits per heavy atom. The molecule has 13 heteroatoms. The van der Waals surface area contributed by atoms with Crippen molar-refractivity contribution in [1.29, 1.82) is 0 Å². The topological polar surface area (TPSA) is 175 Å². The first kappa shape index (κ1) is 43.5. The van der Waals surface area contributed by atoms with E-state index in [1.54, 1.807) is 4.90 Å². The molecule has 0 aromatic carbocycles. The number of Topliss-reactive ketones (excluding diaryl/α,β-unsaturated/α-hetero) is 1. The zero-order valence-corrected chi connectivity index (χ0v) is 32.6. The van der Waals surface area contributed by atoms with E-state index in [4.69, 9.17) is 4.74 Å². The molecule has 1 saturated carbocycles. The van der Waals surface area contributed by atoms with Gasteiger partial charge in [-0.2, -0.15) is 0 Å². The molecule has 0 spiro atoms. The number of alkyl carbamates (subject to hydrolysis) is 1. The molecule has 1 heterocycles. The number of ketones is 1. The summed E-state index contributed by atoms with van der Waals surface area (Å²) in [5.41, 5.74) is -0.851. The molecule has 0 radical (unpaired) electrons. The van der Waals surface area contributed by atoms with E-state index >= 15 is 0 Å². The molecular weight excluding hydrogens is 652 g/mol. The van der Waals surface area contributed by atoms with Crippen molar-refractivity contribution < 1.29 is 33.5 Å². The van der Waals surface area contributed by atoms with Crippen LogP contribution in [-0.4, -0.2) is 90.9 Å². The molecule has 0 aromatic rings. The van der Waals surface area contributed by atoms with Crippen molar-refractivity contribution >= 4 is 35.6 Å². The Labute approximate surface area is 305 Å². The first-order valence-corrected chi connectivity index (χ1v) is 18.9. The lowest BCUT2D eigenvalue weighted by Gasteiger charge is -2.43. The van der Waals surface area contributed by atoms with Crippen LogP contribution in [0.25, 0.3) is 0 Å². The first-order valence-electron chi connectivity index (χ1n) is 18.9. The lowest BCUT2D eigenvalue weighted by Crippen LogP contribution is -2.58. The molecule has 2 fully saturated rings. The summed E-state index contributed by atoms with van der Waals surface area (Å²) in [5.74, 6) is -2.86. The molecule has 2 rings (SSSR count). The number of nitrogens with one attached hydrogen (secondary N) is 5. The zero-order valence-electron chi connectivity index (χ0n) is 32.6. The number of ether oxygens (including phenoxy) is 1. The number of urea groups is 1. The van der Waals surface area contributed by atoms with Gasteiger partial charge in [0.1, 0.15) is 12.6 Å². The molecule has 5 atom stereocenters. The van der Waals surface area contributed by atoms with Crippen molar-refractivity contribution in [2.75, 3.05) is 26.2 Å². The molecule has 1 aliphatic carbocycles. The van der Waals surface area contributed by atoms with E-state index in [0.29, 0.717) is 19.4 Å². The Balaban J connectivity index is 2.33. The van der Waals surface area contributed by atoms with Crippen LogP contribution in [-0.2, 0) is 23.9 Å². The minimum Gasteiger partial charge on any atom is -0.447 e. The van der Waals surface area contributed by atoms with Gasteiger partial charge in [0.2, 0.25) is 17.6 Å². The van der Waals surface area contributed by atoms with Crippen LogP contribution < -0.4 is 26.6 Å². The largest absolute Gasteiger partial charge is 0.447 e. The lowest BCUT2D eigenvalue weighted by atomic mass is 9.66. The number of hydrogen-bond donors (Lipinski definition) is 5. The van der Waals surface area contributed by atoms with Gasteiger partial charge in [0.05, 0.1) is 18.0 Å². The van der Waals surface area contributed by atoms with Crippen LogP contribution >= 0.6 is 0 Å². The van der Waals surface area contributed by atoms with Gasteiger partial charge in [0, 0.05) is 25.7 Å². The molecule has 1 aliphatic heterocycles. The van der Waals surface area contributed by atoms with Gasteiger partial charge in [-0.25, -0.2) is 9.59 Å². The fourth-order valence-electron chi connectivity index (χ4n) is 7.21. The summed E-state index contributed by atoms with van der Waals surface area (Å²) < 4.78 is 5.40. The summed E-state index contributed by atoms with van der Waals surface area (Å²) in [4.78, 5) is 81.6. The van der Waals surface area contributed by atoms with Gasteiger partial charge < -0.3 is 36.2 Å². The SMILES string of the molecule is C=CCNC(=O)C(=O)C(CCC)NC(=O)C1[C@@H](C(C)C)CCN1C(=O)[C@@H](CNC(=O)NC(COC(=O)NC(C)C)C(C)(C)C)C1(C)CCCCC1. The third-order valence-corrected chi connectivity index (χ3v) is 10.4. The predicted molar refractivity (Wildman–Crippen MR) is 198 cm³/mol. The molecule has 5 N–H and O–H groups in total. The van der Waals surface area contributed by atoms with E-state index in [9.17, 15) is 28.8 Å². The van der Waals surface area contributed by atoms with Crippen LogP contribution in [0.4, 0.5) is 9.59 Å². The minimum absolute atomic E-state index is 0.0336. The average Bonchev–Trinajstić information content (AvgIpc) is 3.50. The number of rotatable bonds is 17. The van der Waals surface area contributed by atoms with Crippen LogP contribution in [0.1, 0.15) is 114 Å². The van der Waals surface area contributed by atoms with E-state index in [1.807, 2.05) is 55.4 Å². The molecule has 13 nitrogen and oxygen atoms in total. The van der Waals surface area contributed by atoms with E-state index in [1.165, 1.54) is 6.08 Å². The van der Waals surface area contributed by atoms with Gasteiger partial charge in [0.25, 0.3) is 5.91 Å². The summed E-state index contributed by atoms with van der Waals surface area (Å²) in [6.45, 7) is 21.6. The quantitative estimate of drug-likeness (QED) is 0.109. The predicted octanol–water partition coefficient (Wildman–Crippen LogP) is 4.45. The number of carbonyl (C=O) groups excluding carboxylic acids is 6. The minimum atomic E-state index is -1.02. The van der Waals surface area contributed by atoms with Crippen molar-refractivity contribution in [1.82, 2.24) is 31.5 Å². The van der Waals surface area contributed by atoms with Gasteiger partial charge in [-0.05, 0) is 62.2 Å². The van der Waals surface area contributed by atoms with Crippen molar-refractivity contribution in [2.45, 2.75) is 138 Å². The fourth-order valence-corrected chi connectivity index (χ4v) is 7.21. The highest BCUT2D eigenvalue weighted by Crippen LogP contribution is 2.44. The third kappa shape index (κ3) is 12.8. The number of amides is 6. The smallest absolute Gasteiger partial charge is 0.407 e. The fraction of sp³-hybridized carbons (Fsp3) is 0.789. The second-order valence-corrected chi connectivity index (χ2v) is 16.3. The second-order valence-electron chi connectivity index (χ2n) is 16.3. The highest BCUT2D eigenvalue weighted by Gasteiger charge is 2.49. The maximum Gasteiger partial charge on any atom is 0.407 e. The number of likely N-dealkylation sites (tertiary alicyclic amines) is 1. The monoisotopic (exact) mass is 718 g/mol. The van der Waals surface area contributed by atoms with E-state index in [0.717, 1.165) is 32.1 Å². The molecule has 2 aliphatic rings. The van der Waals surface area contributed by atoms with Gasteiger partial charge in [-0.3, -0.25) is 19.2 Å². The van der Waals surface area contributed by atoms with Crippen molar-refractivity contribution in [3.8, 4) is 0 Å². The summed E-state index contributed by atoms with van der Waals surface area (Å²) in [7, 11) is 0. The van der Waals surface area contributed by atoms with Gasteiger partial charge in [0.15, 0.2) is 0 Å². The lowest BCUT2D eigenvalue weighted by molar-refractivity contribution is -0.147. The van der Waals surface area contributed by atoms with Crippen LogP contribution in [0.5, 0.6) is 0 Å². The molecule has 290 valence electrons. The summed E-state index contributed by atoms with van der Waals surface area (Å²) >= 11 is 0. The molecular formula is C38H66N6O7. The summed E-state index contributed by atoms with van der Waals surface area (Å²) in [6.07, 6.45) is 6.97. The third-order valence-electron chi connectivity index (χ3n) is 10.4. The normalized spacial score (nSPS) is 20.5.